The molecule has 1 aromatic heterocycles. The molecule has 0 saturated carbocycles. The van der Waals surface area contributed by atoms with Crippen molar-refractivity contribution in [1.82, 2.24) is 9.97 Å². The number of aromatic nitrogens is 2. The molecule has 4 N–H and O–H groups in total. The van der Waals surface area contributed by atoms with Crippen LogP contribution in [0.4, 0.5) is 36.3 Å². The van der Waals surface area contributed by atoms with Crippen molar-refractivity contribution in [1.29, 1.82) is 0 Å². The molecule has 8 nitrogen and oxygen atoms in total. The Bertz CT molecular complexity index is 1310. The van der Waals surface area contributed by atoms with E-state index in [1.54, 1.807) is 24.3 Å². The third kappa shape index (κ3) is 4.82. The maximum Gasteiger partial charge on any atom is 0.416 e. The quantitative estimate of drug-likeness (QED) is 0.448. The van der Waals surface area contributed by atoms with Crippen LogP contribution >= 0.6 is 11.6 Å². The number of alkyl halides is 3. The fourth-order valence-electron chi connectivity index (χ4n) is 3.35. The largest absolute Gasteiger partial charge is 0.416 e. The Hall–Kier alpha value is -3.86. The molecular formula is C21H15ClF3N5O3. The number of anilines is 4. The number of amides is 2. The first kappa shape index (κ1) is 22.3. The number of halogens is 4. The van der Waals surface area contributed by atoms with Gasteiger partial charge in [-0.25, -0.2) is 0 Å². The van der Waals surface area contributed by atoms with Crippen LogP contribution in [0.3, 0.4) is 0 Å². The fraction of sp³-hybridized carbons (Fsp3) is 0.143. The average Bonchev–Trinajstić information content (AvgIpc) is 2.74. The van der Waals surface area contributed by atoms with Crippen molar-refractivity contribution in [3.63, 3.8) is 0 Å². The number of nitrogens with one attached hydrogen (secondary N) is 4. The Balaban J connectivity index is 1.64. The smallest absolute Gasteiger partial charge is 0.326 e. The summed E-state index contributed by atoms with van der Waals surface area (Å²) in [7, 11) is 0. The van der Waals surface area contributed by atoms with Gasteiger partial charge in [0.15, 0.2) is 0 Å². The average molecular weight is 478 g/mol. The van der Waals surface area contributed by atoms with E-state index in [0.29, 0.717) is 5.69 Å². The number of benzene rings is 2. The maximum atomic E-state index is 12.9. The maximum absolute atomic E-state index is 12.9. The number of aromatic amines is 1. The highest BCUT2D eigenvalue weighted by molar-refractivity contribution is 6.33. The van der Waals surface area contributed by atoms with Gasteiger partial charge in [0.25, 0.3) is 5.56 Å². The van der Waals surface area contributed by atoms with Crippen LogP contribution in [0.15, 0.2) is 53.3 Å². The first-order valence-electron chi connectivity index (χ1n) is 9.55. The molecular weight excluding hydrogens is 463 g/mol. The summed E-state index contributed by atoms with van der Waals surface area (Å²) in [5.41, 5.74) is -1.37. The summed E-state index contributed by atoms with van der Waals surface area (Å²) in [6.45, 7) is 0. The Morgan fingerprint density at radius 2 is 1.88 bits per heavy atom. The molecule has 12 heteroatoms. The van der Waals surface area contributed by atoms with Crippen molar-refractivity contribution in [2.45, 2.75) is 18.5 Å². The third-order valence-electron chi connectivity index (χ3n) is 4.85. The molecule has 0 spiro atoms. The van der Waals surface area contributed by atoms with Crippen LogP contribution in [-0.2, 0) is 15.8 Å². The van der Waals surface area contributed by atoms with Gasteiger partial charge in [-0.2, -0.15) is 18.2 Å². The molecule has 1 aliphatic rings. The Morgan fingerprint density at radius 1 is 1.12 bits per heavy atom. The molecule has 1 atom stereocenters. The summed E-state index contributed by atoms with van der Waals surface area (Å²) in [6.07, 6.45) is -4.85. The summed E-state index contributed by atoms with van der Waals surface area (Å²) >= 11 is 6.05. The number of nitrogens with zero attached hydrogens (tertiary/aromatic N) is 1. The van der Waals surface area contributed by atoms with Crippen molar-refractivity contribution in [3.8, 4) is 0 Å². The topological polar surface area (TPSA) is 116 Å². The van der Waals surface area contributed by atoms with Gasteiger partial charge in [-0.1, -0.05) is 29.8 Å². The second-order valence-corrected chi connectivity index (χ2v) is 7.56. The summed E-state index contributed by atoms with van der Waals surface area (Å²) in [4.78, 5) is 44.3. The van der Waals surface area contributed by atoms with E-state index in [9.17, 15) is 27.6 Å². The lowest BCUT2D eigenvalue weighted by Crippen LogP contribution is -2.36. The lowest BCUT2D eigenvalue weighted by Gasteiger charge is -2.24. The van der Waals surface area contributed by atoms with E-state index in [1.165, 1.54) is 12.1 Å². The molecule has 2 aromatic carbocycles. The summed E-state index contributed by atoms with van der Waals surface area (Å²) in [5, 5.41) is 7.87. The number of carbonyl (C=O) groups excluding carboxylic acids is 2. The van der Waals surface area contributed by atoms with Crippen LogP contribution in [0.2, 0.25) is 5.02 Å². The van der Waals surface area contributed by atoms with Crippen LogP contribution in [0.5, 0.6) is 0 Å². The van der Waals surface area contributed by atoms with Crippen LogP contribution < -0.4 is 21.5 Å². The summed E-state index contributed by atoms with van der Waals surface area (Å²) in [6, 6.07) is 10.8. The van der Waals surface area contributed by atoms with E-state index in [1.807, 2.05) is 0 Å². The predicted molar refractivity (Wildman–Crippen MR) is 116 cm³/mol. The van der Waals surface area contributed by atoms with Crippen molar-refractivity contribution < 1.29 is 22.8 Å². The molecule has 0 fully saturated rings. The number of fused-ring (bicyclic) bond motifs is 1. The zero-order valence-corrected chi connectivity index (χ0v) is 17.3. The number of para-hydroxylation sites is 1. The summed E-state index contributed by atoms with van der Waals surface area (Å²) < 4.78 is 38.8. The van der Waals surface area contributed by atoms with Gasteiger partial charge < -0.3 is 16.0 Å². The molecule has 0 aliphatic carbocycles. The van der Waals surface area contributed by atoms with E-state index in [2.05, 4.69) is 25.9 Å². The Labute approximate surface area is 189 Å². The van der Waals surface area contributed by atoms with Crippen molar-refractivity contribution in [2.75, 3.05) is 16.0 Å². The number of hydrogen-bond acceptors (Lipinski definition) is 5. The first-order valence-corrected chi connectivity index (χ1v) is 9.93. The predicted octanol–water partition coefficient (Wildman–Crippen LogP) is 4.25. The molecule has 0 radical (unpaired) electrons. The minimum Gasteiger partial charge on any atom is -0.326 e. The highest BCUT2D eigenvalue weighted by atomic mass is 35.5. The van der Waals surface area contributed by atoms with E-state index in [-0.39, 0.29) is 34.5 Å². The van der Waals surface area contributed by atoms with Crippen molar-refractivity contribution in [2.24, 2.45) is 0 Å². The lowest BCUT2D eigenvalue weighted by molar-refractivity contribution is -0.137. The van der Waals surface area contributed by atoms with Crippen LogP contribution in [-0.4, -0.2) is 21.8 Å². The highest BCUT2D eigenvalue weighted by Gasteiger charge is 2.35. The van der Waals surface area contributed by atoms with Crippen LogP contribution in [0, 0.1) is 0 Å². The molecule has 1 aliphatic heterocycles. The van der Waals surface area contributed by atoms with E-state index in [4.69, 9.17) is 11.6 Å². The van der Waals surface area contributed by atoms with Gasteiger partial charge in [0.2, 0.25) is 17.8 Å². The molecule has 33 heavy (non-hydrogen) atoms. The van der Waals surface area contributed by atoms with Gasteiger partial charge in [0.1, 0.15) is 5.82 Å². The number of H-pyrrole nitrogens is 1. The zero-order chi connectivity index (χ0) is 23.8. The highest BCUT2D eigenvalue weighted by Crippen LogP contribution is 2.33. The van der Waals surface area contributed by atoms with Crippen LogP contribution in [0.25, 0.3) is 0 Å². The Morgan fingerprint density at radius 3 is 2.61 bits per heavy atom. The van der Waals surface area contributed by atoms with Crippen LogP contribution in [0.1, 0.15) is 23.5 Å². The SMILES string of the molecule is O=C1CC(C(=O)Nc2ccccc2Cl)c2c(nc(Nc3cccc(C(F)(F)F)c3)[nH]c2=O)N1. The molecule has 2 amide bonds. The molecule has 2 heterocycles. The van der Waals surface area contributed by atoms with Gasteiger partial charge in [0, 0.05) is 12.1 Å². The number of hydrogen-bond donors (Lipinski definition) is 4. The lowest BCUT2D eigenvalue weighted by atomic mass is 9.92. The number of carbonyl (C=O) groups is 2. The van der Waals surface area contributed by atoms with Gasteiger partial charge in [0.05, 0.1) is 27.8 Å². The third-order valence-corrected chi connectivity index (χ3v) is 5.18. The molecule has 0 saturated heterocycles. The fourth-order valence-corrected chi connectivity index (χ4v) is 3.53. The van der Waals surface area contributed by atoms with Gasteiger partial charge >= 0.3 is 6.18 Å². The monoisotopic (exact) mass is 477 g/mol. The van der Waals surface area contributed by atoms with Crippen molar-refractivity contribution in [3.05, 3.63) is 75.0 Å². The molecule has 1 unspecified atom stereocenters. The first-order chi connectivity index (χ1) is 15.6. The molecule has 4 rings (SSSR count). The van der Waals surface area contributed by atoms with E-state index < -0.39 is 35.0 Å². The molecule has 0 bridgehead atoms. The summed E-state index contributed by atoms with van der Waals surface area (Å²) in [5.74, 6) is -2.70. The molecule has 170 valence electrons. The van der Waals surface area contributed by atoms with Gasteiger partial charge in [-0.3, -0.25) is 19.4 Å². The second-order valence-electron chi connectivity index (χ2n) is 7.15. The molecule has 3 aromatic rings. The second kappa shape index (κ2) is 8.58. The van der Waals surface area contributed by atoms with Gasteiger partial charge in [-0.15, -0.1) is 0 Å². The number of rotatable bonds is 4. The standard InChI is InChI=1S/C21H15ClF3N5O3/c22-13-6-1-2-7-14(13)27-18(32)12-9-15(31)28-17-16(12)19(33)30-20(29-17)26-11-5-3-4-10(8-11)21(23,24)25/h1-8,12H,9H2,(H,27,32)(H3,26,28,29,30,31,33). The normalized spacial score (nSPS) is 15.4. The van der Waals surface area contributed by atoms with Crippen molar-refractivity contribution >= 4 is 46.6 Å². The minimum absolute atomic E-state index is 0.0167. The minimum atomic E-state index is -4.55. The van der Waals surface area contributed by atoms with E-state index >= 15 is 0 Å². The zero-order valence-electron chi connectivity index (χ0n) is 16.6. The Kier molecular flexibility index (Phi) is 5.81. The van der Waals surface area contributed by atoms with Gasteiger partial charge in [-0.05, 0) is 30.3 Å². The van der Waals surface area contributed by atoms with E-state index in [0.717, 1.165) is 12.1 Å².